The lowest BCUT2D eigenvalue weighted by Gasteiger charge is -2.44. The number of rotatable bonds is 73. The minimum absolute atomic E-state index is 0.0323. The largest absolute Gasteiger partial charge is 0.481 e. The molecule has 6 rings (SSSR count). The summed E-state index contributed by atoms with van der Waals surface area (Å²) in [5.74, 6) is -9.10. The molecule has 3 aliphatic heterocycles. The second-order valence-electron chi connectivity index (χ2n) is 36.7. The van der Waals surface area contributed by atoms with Crippen molar-refractivity contribution >= 4 is 94.4 Å². The molecule has 15 atom stereocenters. The van der Waals surface area contributed by atoms with Gasteiger partial charge in [0.1, 0.15) is 71.6 Å². The molecule has 0 radical (unpaired) electrons. The van der Waals surface area contributed by atoms with Crippen molar-refractivity contribution in [3.05, 3.63) is 87.9 Å². The lowest BCUT2D eigenvalue weighted by Crippen LogP contribution is -2.63. The Hall–Kier alpha value is -10.1. The predicted molar refractivity (Wildman–Crippen MR) is 520 cm³/mol. The molecule has 3 aliphatic rings. The molecule has 45 nitrogen and oxygen atoms in total. The van der Waals surface area contributed by atoms with Gasteiger partial charge in [-0.1, -0.05) is 78.3 Å². The molecule has 1 aromatic heterocycles. The number of alkyl carbamates (subject to hydrolysis) is 1. The Bertz CT molecular complexity index is 4420. The molecule has 0 saturated carbocycles. The third-order valence-electron chi connectivity index (χ3n) is 23.6. The Labute approximate surface area is 845 Å². The number of likely N-dealkylation sites (tertiary alicyclic amines) is 1. The fourth-order valence-corrected chi connectivity index (χ4v) is 16.5. The van der Waals surface area contributed by atoms with Crippen LogP contribution in [0.3, 0.4) is 0 Å². The van der Waals surface area contributed by atoms with Gasteiger partial charge in [-0.15, -0.1) is 11.3 Å². The molecule has 4 heterocycles. The van der Waals surface area contributed by atoms with Crippen LogP contribution in [0.4, 0.5) is 15.3 Å². The summed E-state index contributed by atoms with van der Waals surface area (Å²) in [4.78, 5) is 178. The van der Waals surface area contributed by atoms with Crippen LogP contribution in [0.25, 0.3) is 0 Å². The van der Waals surface area contributed by atoms with E-state index in [1.54, 1.807) is 51.8 Å². The van der Waals surface area contributed by atoms with Gasteiger partial charge in [0.15, 0.2) is 18.2 Å². The summed E-state index contributed by atoms with van der Waals surface area (Å²) < 4.78 is 89.4. The lowest BCUT2D eigenvalue weighted by molar-refractivity contribution is -0.942. The number of hydrogen-bond donors (Lipinski definition) is 12. The zero-order chi connectivity index (χ0) is 106. The van der Waals surface area contributed by atoms with Crippen LogP contribution in [0.2, 0.25) is 0 Å². The van der Waals surface area contributed by atoms with Crippen LogP contribution >= 0.6 is 11.3 Å². The average molecular weight is 2060 g/mol. The smallest absolute Gasteiger partial charge is 0.411 e. The highest BCUT2D eigenvalue weighted by molar-refractivity contribution is 7.09. The predicted octanol–water partition coefficient (Wildman–Crippen LogP) is 4.31. The summed E-state index contributed by atoms with van der Waals surface area (Å²) >= 11 is 1.10. The van der Waals surface area contributed by atoms with Gasteiger partial charge in [-0.25, -0.2) is 19.4 Å². The third-order valence-corrected chi connectivity index (χ3v) is 24.5. The molecule has 10 amide bonds. The highest BCUT2D eigenvalue weighted by Crippen LogP contribution is 2.36. The third kappa shape index (κ3) is 45.5. The fraction of sp³-hybridized carbons (Fsp3) is 0.694. The Morgan fingerprint density at radius 2 is 1.19 bits per heavy atom. The number of piperidine rings is 1. The normalized spacial score (nSPS) is 19.1. The molecule has 12 N–H and O–H groups in total. The number of benzene rings is 2. The number of esters is 1. The molecule has 810 valence electrons. The van der Waals surface area contributed by atoms with Crippen molar-refractivity contribution in [1.82, 2.24) is 46.7 Å². The first-order valence-electron chi connectivity index (χ1n) is 49.3. The summed E-state index contributed by atoms with van der Waals surface area (Å²) in [5, 5.41) is 72.8. The highest BCUT2D eigenvalue weighted by atomic mass is 32.1. The van der Waals surface area contributed by atoms with Gasteiger partial charge in [0, 0.05) is 81.5 Å². The van der Waals surface area contributed by atoms with E-state index in [9.17, 15) is 78.3 Å². The van der Waals surface area contributed by atoms with Gasteiger partial charge in [0.05, 0.1) is 177 Å². The van der Waals surface area contributed by atoms with E-state index in [0.717, 1.165) is 35.5 Å². The first-order chi connectivity index (χ1) is 68.8. The number of nitrogens with one attached hydrogen (secondary N) is 7. The maximum absolute atomic E-state index is 15.1. The van der Waals surface area contributed by atoms with E-state index < -0.39 is 151 Å². The molecule has 2 aromatic carbocycles. The van der Waals surface area contributed by atoms with Crippen LogP contribution in [0.1, 0.15) is 173 Å². The van der Waals surface area contributed by atoms with Gasteiger partial charge in [-0.3, -0.25) is 58.2 Å². The molecule has 1 unspecified atom stereocenters. The highest BCUT2D eigenvalue weighted by Gasteiger charge is 2.50. The number of carbonyl (C=O) groups excluding carboxylic acids is 11. The van der Waals surface area contributed by atoms with Crippen LogP contribution in [-0.4, -0.2) is 387 Å². The number of carboxylic acids is 2. The van der Waals surface area contributed by atoms with E-state index in [2.05, 4.69) is 42.2 Å². The van der Waals surface area contributed by atoms with Crippen molar-refractivity contribution in [1.29, 1.82) is 0 Å². The van der Waals surface area contributed by atoms with E-state index in [0.29, 0.717) is 186 Å². The van der Waals surface area contributed by atoms with Gasteiger partial charge in [0.25, 0.3) is 23.6 Å². The van der Waals surface area contributed by atoms with Gasteiger partial charge >= 0.3 is 30.1 Å². The number of aromatic nitrogens is 1. The first-order valence-corrected chi connectivity index (χ1v) is 50.2. The maximum Gasteiger partial charge on any atom is 0.411 e. The molecule has 144 heavy (non-hydrogen) atoms. The van der Waals surface area contributed by atoms with E-state index in [1.165, 1.54) is 18.4 Å². The van der Waals surface area contributed by atoms with Crippen LogP contribution in [0.5, 0.6) is 5.75 Å². The second-order valence-corrected chi connectivity index (χ2v) is 37.5. The molecule has 3 aromatic rings. The molecule has 0 spiro atoms. The number of carboxylic acid groups (broad SMARTS) is 2. The number of ether oxygens (including phenoxy) is 16. The van der Waals surface area contributed by atoms with Crippen molar-refractivity contribution in [3.8, 4) is 5.75 Å². The number of aliphatic hydroxyl groups excluding tert-OH is 3. The lowest BCUT2D eigenvalue weighted by atomic mass is 9.92. The number of likely N-dealkylation sites (N-methyl/N-ethyl adjacent to an activating group) is 2. The van der Waals surface area contributed by atoms with Crippen LogP contribution in [-0.2, 0) is 132 Å². The van der Waals surface area contributed by atoms with E-state index in [4.69, 9.17) is 75.8 Å². The van der Waals surface area contributed by atoms with Gasteiger partial charge in [-0.05, 0) is 108 Å². The number of hydrogen-bond acceptors (Lipinski definition) is 34. The minimum atomic E-state index is -2.02. The fourth-order valence-electron chi connectivity index (χ4n) is 15.7. The maximum atomic E-state index is 15.1. The molecular weight excluding hydrogens is 1910 g/mol. The van der Waals surface area contributed by atoms with Crippen molar-refractivity contribution in [3.63, 3.8) is 0 Å². The van der Waals surface area contributed by atoms with Gasteiger partial charge in [-0.2, -0.15) is 0 Å². The number of amides is 10. The number of imide groups is 1. The standard InChI is InChI=1S/C98H153N11O34S/c1-13-31-100-87(117)71(103-89(119)75(108-80(112)28-29-81(108)113)61-101-96(126)143-98(8,9)10)24-18-20-32-99-79(111)30-34-128-35-36-129-37-38-130-39-40-131-41-42-132-43-44-133-45-46-134-47-48-135-49-50-136-51-52-137-53-54-138-55-56-139-97(127)105-72-59-69(26-27-77(72)141-95-85(116)83(114)84(115)86(142-95)94(124)125)62-109(12)33-21-19-25-76(109)90(120)106-82(65(5)14-2)92(121)107(11)74(64(3)4)60-78(140-67(7)110)91-104-73(63-144-91)88(118)102-70(57-66(6)93(122)123)58-68-22-16-15-17-23-68/h15-17,22-23,26-29,59,63-66,70-71,74-76,78,82-86,95,114-116H,13-14,18-21,24-25,30-58,60-62H2,1-12H3,(H8-,99,100,101,102,103,105,106,111,117,118,119,120,122,123,124,125,126,127)/p+1/t65-,66-,70+,71-,74+,75-,76+,78+,82-,83-,84-,85+,86-,95+,109?/m0/s1. The molecule has 0 aliphatic carbocycles. The van der Waals surface area contributed by atoms with E-state index >= 15 is 9.59 Å². The van der Waals surface area contributed by atoms with E-state index in [-0.39, 0.29) is 130 Å². The quantitative estimate of drug-likeness (QED) is 0.0123. The summed E-state index contributed by atoms with van der Waals surface area (Å²) in [7, 11) is 3.55. The van der Waals surface area contributed by atoms with Crippen molar-refractivity contribution in [2.75, 3.05) is 198 Å². The molecule has 2 saturated heterocycles. The number of thiazole rings is 1. The number of aliphatic hydroxyl groups is 3. The van der Waals surface area contributed by atoms with Crippen molar-refractivity contribution < 1.29 is 168 Å². The summed E-state index contributed by atoms with van der Waals surface area (Å²) in [6, 6.07) is 8.61. The van der Waals surface area contributed by atoms with Gasteiger partial charge in [0.2, 0.25) is 29.9 Å². The van der Waals surface area contributed by atoms with Crippen molar-refractivity contribution in [2.45, 2.75) is 231 Å². The number of unbranched alkanes of at least 4 members (excludes halogenated alkanes) is 1. The number of anilines is 1. The molecule has 2 fully saturated rings. The molecule has 0 bridgehead atoms. The number of quaternary nitrogens is 1. The SMILES string of the molecule is CCCNC(=O)[C@H](CCCCNC(=O)CCOCCOCCOCCOCCOCCOCCOCCOCCOCCOCCOCCOC(=O)Nc1cc(C[N+]2(C)CCCC[C@@H]2C(=O)N[C@H](C(=O)N(C)[C@H](C[C@@H](OC(C)=O)c2nc(C(=O)N[C@@H](Cc3ccccc3)C[C@H](C)C(=O)O)cs2)C(C)C)[C@@H](C)CC)ccc1O[C@@H]1O[C@H](C(=O)O)[C@@H](O)[C@H](O)[C@H]1O)NC(=O)[C@H](CNC(=O)OC(C)(C)C)N1C(=O)C=CC1=O. The minimum Gasteiger partial charge on any atom is -0.481 e. The second kappa shape index (κ2) is 66.9. The zero-order valence-electron chi connectivity index (χ0n) is 85.1. The number of carbonyl (C=O) groups is 13. The first kappa shape index (κ1) is 123. The molecule has 46 heteroatoms. The Kier molecular flexibility index (Phi) is 56.9. The Morgan fingerprint density at radius 3 is 1.71 bits per heavy atom. The van der Waals surface area contributed by atoms with Crippen LogP contribution in [0.15, 0.2) is 66.1 Å². The number of aliphatic carboxylic acids is 2. The Morgan fingerprint density at radius 1 is 0.632 bits per heavy atom. The van der Waals surface area contributed by atoms with Crippen LogP contribution < -0.4 is 42.0 Å². The summed E-state index contributed by atoms with van der Waals surface area (Å²) in [5.41, 5.74) is 0.627. The topological polar surface area (TPSA) is 574 Å². The average Bonchev–Trinajstić information content (AvgIpc) is 0.978. The summed E-state index contributed by atoms with van der Waals surface area (Å²) in [6.45, 7) is 24.7. The van der Waals surface area contributed by atoms with E-state index in [1.807, 2.05) is 72.0 Å². The van der Waals surface area contributed by atoms with Crippen molar-refractivity contribution in [2.24, 2.45) is 17.8 Å². The van der Waals surface area contributed by atoms with Crippen LogP contribution in [0, 0.1) is 17.8 Å². The monoisotopic (exact) mass is 2060 g/mol. The number of nitrogens with zero attached hydrogens (tertiary/aromatic N) is 4. The Balaban J connectivity index is 0.796. The summed E-state index contributed by atoms with van der Waals surface area (Å²) in [6.07, 6.45) is -5.85. The zero-order valence-corrected chi connectivity index (χ0v) is 85.9. The molecular formula is C98H154N11O34S+. The van der Waals surface area contributed by atoms with Gasteiger partial charge < -0.3 is 143 Å².